The molecular formula is C16H23NO2. The summed E-state index contributed by atoms with van der Waals surface area (Å²) in [6.45, 7) is 1.94. The molecule has 1 unspecified atom stereocenters. The summed E-state index contributed by atoms with van der Waals surface area (Å²) in [5.74, 6) is -0.952. The molecule has 3 nitrogen and oxygen atoms in total. The van der Waals surface area contributed by atoms with Crippen molar-refractivity contribution in [1.29, 1.82) is 0 Å². The summed E-state index contributed by atoms with van der Waals surface area (Å²) in [5.41, 5.74) is 8.53. The largest absolute Gasteiger partial charge is 0.481 e. The van der Waals surface area contributed by atoms with Gasteiger partial charge in [0, 0.05) is 5.69 Å². The first-order chi connectivity index (χ1) is 9.11. The minimum Gasteiger partial charge on any atom is -0.481 e. The molecule has 3 heteroatoms. The Labute approximate surface area is 114 Å². The second-order valence-corrected chi connectivity index (χ2v) is 5.65. The van der Waals surface area contributed by atoms with E-state index >= 15 is 0 Å². The molecule has 0 amide bonds. The summed E-state index contributed by atoms with van der Waals surface area (Å²) in [6, 6.07) is 5.73. The van der Waals surface area contributed by atoms with Crippen molar-refractivity contribution in [3.63, 3.8) is 0 Å². The molecule has 0 heterocycles. The molecule has 0 spiro atoms. The second-order valence-electron chi connectivity index (χ2n) is 5.65. The Bertz CT molecular complexity index is 448. The highest BCUT2D eigenvalue weighted by Crippen LogP contribution is 2.38. The highest BCUT2D eigenvalue weighted by molar-refractivity contribution is 5.79. The third-order valence-electron chi connectivity index (χ3n) is 4.33. The first-order valence-electron chi connectivity index (χ1n) is 7.19. The van der Waals surface area contributed by atoms with Gasteiger partial charge in [-0.15, -0.1) is 0 Å². The van der Waals surface area contributed by atoms with Crippen molar-refractivity contribution in [2.45, 2.75) is 51.4 Å². The van der Waals surface area contributed by atoms with E-state index in [1.807, 2.05) is 25.1 Å². The van der Waals surface area contributed by atoms with Gasteiger partial charge in [0.05, 0.1) is 5.92 Å². The van der Waals surface area contributed by atoms with Crippen LogP contribution in [0, 0.1) is 12.8 Å². The quantitative estimate of drug-likeness (QED) is 0.644. The Hall–Kier alpha value is -1.51. The molecule has 1 saturated carbocycles. The van der Waals surface area contributed by atoms with Gasteiger partial charge in [0.15, 0.2) is 0 Å². The maximum absolute atomic E-state index is 11.7. The number of para-hydroxylation sites is 1. The normalized spacial score (nSPS) is 18.8. The van der Waals surface area contributed by atoms with Crippen molar-refractivity contribution in [3.05, 3.63) is 29.3 Å². The van der Waals surface area contributed by atoms with E-state index in [1.165, 1.54) is 12.8 Å². The van der Waals surface area contributed by atoms with Crippen LogP contribution in [0.15, 0.2) is 18.2 Å². The number of carbonyl (C=O) groups is 1. The number of hydrogen-bond acceptors (Lipinski definition) is 2. The lowest BCUT2D eigenvalue weighted by molar-refractivity contribution is -0.140. The average molecular weight is 261 g/mol. The number of rotatable bonds is 3. The Morgan fingerprint density at radius 1 is 1.26 bits per heavy atom. The summed E-state index contributed by atoms with van der Waals surface area (Å²) < 4.78 is 0. The minimum absolute atomic E-state index is 0.226. The molecule has 2 rings (SSSR count). The van der Waals surface area contributed by atoms with Gasteiger partial charge in [-0.3, -0.25) is 4.79 Å². The van der Waals surface area contributed by atoms with Crippen LogP contribution in [-0.2, 0) is 4.79 Å². The number of aryl methyl sites for hydroxylation is 1. The minimum atomic E-state index is -0.732. The molecule has 1 fully saturated rings. The monoisotopic (exact) mass is 261 g/mol. The van der Waals surface area contributed by atoms with E-state index < -0.39 is 11.9 Å². The molecule has 0 bridgehead atoms. The molecule has 1 aromatic rings. The van der Waals surface area contributed by atoms with Gasteiger partial charge in [-0.25, -0.2) is 0 Å². The summed E-state index contributed by atoms with van der Waals surface area (Å²) in [5, 5.41) is 9.63. The number of hydrogen-bond donors (Lipinski definition) is 2. The second kappa shape index (κ2) is 6.09. The molecule has 3 N–H and O–H groups in total. The van der Waals surface area contributed by atoms with Crippen LogP contribution in [0.1, 0.15) is 55.6 Å². The van der Waals surface area contributed by atoms with Gasteiger partial charge < -0.3 is 10.8 Å². The van der Waals surface area contributed by atoms with Crippen LogP contribution in [0.25, 0.3) is 0 Å². The Kier molecular flexibility index (Phi) is 4.46. The third-order valence-corrected chi connectivity index (χ3v) is 4.33. The fraction of sp³-hybridized carbons (Fsp3) is 0.562. The Balaban J connectivity index is 2.33. The number of aliphatic carboxylic acids is 1. The molecule has 0 aliphatic heterocycles. The van der Waals surface area contributed by atoms with E-state index in [0.29, 0.717) is 5.69 Å². The molecule has 1 aromatic carbocycles. The third kappa shape index (κ3) is 3.09. The molecule has 0 aromatic heterocycles. The summed E-state index contributed by atoms with van der Waals surface area (Å²) in [6.07, 6.45) is 6.74. The van der Waals surface area contributed by atoms with Crippen LogP contribution in [-0.4, -0.2) is 11.1 Å². The molecule has 1 aliphatic carbocycles. The molecule has 0 radical (unpaired) electrons. The summed E-state index contributed by atoms with van der Waals surface area (Å²) in [4.78, 5) is 11.7. The standard InChI is InChI=1S/C16H23NO2/c1-11-7-6-10-13(15(11)17)14(16(18)19)12-8-4-2-3-5-9-12/h6-7,10,12,14H,2-5,8-9,17H2,1H3,(H,18,19). The van der Waals surface area contributed by atoms with Gasteiger partial charge in [-0.1, -0.05) is 43.9 Å². The predicted octanol–water partition coefficient (Wildman–Crippen LogP) is 3.72. The van der Waals surface area contributed by atoms with Gasteiger partial charge in [0.25, 0.3) is 0 Å². The average Bonchev–Trinajstić information content (AvgIpc) is 2.63. The van der Waals surface area contributed by atoms with Gasteiger partial charge in [0.2, 0.25) is 0 Å². The van der Waals surface area contributed by atoms with Crippen LogP contribution in [0.2, 0.25) is 0 Å². The predicted molar refractivity (Wildman–Crippen MR) is 77.2 cm³/mol. The van der Waals surface area contributed by atoms with E-state index in [0.717, 1.165) is 36.8 Å². The fourth-order valence-corrected chi connectivity index (χ4v) is 3.21. The summed E-state index contributed by atoms with van der Waals surface area (Å²) in [7, 11) is 0. The number of anilines is 1. The van der Waals surface area contributed by atoms with Gasteiger partial charge in [0.1, 0.15) is 0 Å². The van der Waals surface area contributed by atoms with E-state index in [9.17, 15) is 9.90 Å². The van der Waals surface area contributed by atoms with E-state index in [-0.39, 0.29) is 5.92 Å². The smallest absolute Gasteiger partial charge is 0.311 e. The lowest BCUT2D eigenvalue weighted by Crippen LogP contribution is -2.22. The molecular weight excluding hydrogens is 238 g/mol. The number of nitrogen functional groups attached to an aromatic ring is 1. The first-order valence-corrected chi connectivity index (χ1v) is 7.19. The zero-order valence-corrected chi connectivity index (χ0v) is 11.6. The van der Waals surface area contributed by atoms with E-state index in [4.69, 9.17) is 5.73 Å². The Morgan fingerprint density at radius 2 is 1.89 bits per heavy atom. The van der Waals surface area contributed by atoms with Crippen molar-refractivity contribution in [2.24, 2.45) is 5.92 Å². The SMILES string of the molecule is Cc1cccc(C(C(=O)O)C2CCCCCC2)c1N. The van der Waals surface area contributed by atoms with Crippen molar-refractivity contribution in [2.75, 3.05) is 5.73 Å². The number of nitrogens with two attached hydrogens (primary N) is 1. The number of benzene rings is 1. The fourth-order valence-electron chi connectivity index (χ4n) is 3.21. The van der Waals surface area contributed by atoms with Gasteiger partial charge in [-0.05, 0) is 36.8 Å². The zero-order valence-electron chi connectivity index (χ0n) is 11.6. The Morgan fingerprint density at radius 3 is 2.47 bits per heavy atom. The van der Waals surface area contributed by atoms with Crippen LogP contribution >= 0.6 is 0 Å². The maximum Gasteiger partial charge on any atom is 0.311 e. The molecule has 1 aliphatic rings. The van der Waals surface area contributed by atoms with Crippen LogP contribution in [0.3, 0.4) is 0 Å². The molecule has 1 atom stereocenters. The lowest BCUT2D eigenvalue weighted by Gasteiger charge is -2.24. The van der Waals surface area contributed by atoms with Crippen LogP contribution in [0.4, 0.5) is 5.69 Å². The molecule has 104 valence electrons. The van der Waals surface area contributed by atoms with Crippen molar-refractivity contribution in [1.82, 2.24) is 0 Å². The molecule has 19 heavy (non-hydrogen) atoms. The highest BCUT2D eigenvalue weighted by Gasteiger charge is 2.31. The van der Waals surface area contributed by atoms with Crippen molar-refractivity contribution >= 4 is 11.7 Å². The first kappa shape index (κ1) is 13.9. The van der Waals surface area contributed by atoms with Crippen LogP contribution in [0.5, 0.6) is 0 Å². The number of carboxylic acid groups (broad SMARTS) is 1. The van der Waals surface area contributed by atoms with Crippen LogP contribution < -0.4 is 5.73 Å². The summed E-state index contributed by atoms with van der Waals surface area (Å²) >= 11 is 0. The number of carboxylic acids is 1. The lowest BCUT2D eigenvalue weighted by atomic mass is 9.80. The topological polar surface area (TPSA) is 63.3 Å². The van der Waals surface area contributed by atoms with Crippen molar-refractivity contribution < 1.29 is 9.90 Å². The highest BCUT2D eigenvalue weighted by atomic mass is 16.4. The van der Waals surface area contributed by atoms with Gasteiger partial charge in [-0.2, -0.15) is 0 Å². The maximum atomic E-state index is 11.7. The van der Waals surface area contributed by atoms with Gasteiger partial charge >= 0.3 is 5.97 Å². The zero-order chi connectivity index (χ0) is 13.8. The van der Waals surface area contributed by atoms with Crippen molar-refractivity contribution in [3.8, 4) is 0 Å². The van der Waals surface area contributed by atoms with E-state index in [1.54, 1.807) is 0 Å². The molecule has 0 saturated heterocycles. The van der Waals surface area contributed by atoms with E-state index in [2.05, 4.69) is 0 Å².